The van der Waals surface area contributed by atoms with Gasteiger partial charge >= 0.3 is 0 Å². The highest BCUT2D eigenvalue weighted by atomic mass is 19.1. The van der Waals surface area contributed by atoms with E-state index in [2.05, 4.69) is 15.1 Å². The summed E-state index contributed by atoms with van der Waals surface area (Å²) in [5.74, 6) is -0.0291. The summed E-state index contributed by atoms with van der Waals surface area (Å²) >= 11 is 0. The lowest BCUT2D eigenvalue weighted by molar-refractivity contribution is 0.0323. The quantitative estimate of drug-likeness (QED) is 0.461. The number of halogens is 1. The Balaban J connectivity index is 1.48. The van der Waals surface area contributed by atoms with Crippen molar-refractivity contribution in [1.82, 2.24) is 9.80 Å². The summed E-state index contributed by atoms with van der Waals surface area (Å²) in [6.45, 7) is 6.30. The van der Waals surface area contributed by atoms with Crippen molar-refractivity contribution in [2.45, 2.75) is 0 Å². The molecule has 4 rings (SSSR count). The van der Waals surface area contributed by atoms with Gasteiger partial charge < -0.3 is 24.6 Å². The van der Waals surface area contributed by atoms with Crippen molar-refractivity contribution >= 4 is 28.1 Å². The van der Waals surface area contributed by atoms with Crippen molar-refractivity contribution in [3.63, 3.8) is 0 Å². The number of fused-ring (bicyclic) bond motifs is 1. The maximum atomic E-state index is 14.4. The Labute approximate surface area is 212 Å². The van der Waals surface area contributed by atoms with Gasteiger partial charge in [0.2, 0.25) is 0 Å². The predicted octanol–water partition coefficient (Wildman–Crippen LogP) is 3.94. The maximum absolute atomic E-state index is 14.4. The van der Waals surface area contributed by atoms with Gasteiger partial charge in [0.15, 0.2) is 0 Å². The van der Waals surface area contributed by atoms with Crippen molar-refractivity contribution in [2.24, 2.45) is 0 Å². The Morgan fingerprint density at radius 2 is 1.78 bits per heavy atom. The van der Waals surface area contributed by atoms with E-state index in [9.17, 15) is 9.18 Å². The molecule has 1 aliphatic rings. The van der Waals surface area contributed by atoms with Gasteiger partial charge in [0.05, 0.1) is 13.2 Å². The van der Waals surface area contributed by atoms with E-state index < -0.39 is 5.82 Å². The lowest BCUT2D eigenvalue weighted by atomic mass is 10.1. The molecule has 0 aliphatic carbocycles. The second kappa shape index (κ2) is 12.2. The zero-order valence-electron chi connectivity index (χ0n) is 21.3. The average molecular weight is 495 g/mol. The molecule has 192 valence electrons. The molecule has 1 amide bonds. The molecule has 0 spiro atoms. The van der Waals surface area contributed by atoms with E-state index in [1.54, 1.807) is 6.07 Å². The first kappa shape index (κ1) is 25.9. The number of morpholine rings is 1. The molecule has 8 heteroatoms. The first-order valence-corrected chi connectivity index (χ1v) is 12.3. The van der Waals surface area contributed by atoms with E-state index in [4.69, 9.17) is 9.47 Å². The van der Waals surface area contributed by atoms with Crippen LogP contribution in [0.5, 0.6) is 5.75 Å². The van der Waals surface area contributed by atoms with Gasteiger partial charge in [0, 0.05) is 67.5 Å². The van der Waals surface area contributed by atoms with E-state index in [0.29, 0.717) is 18.0 Å². The molecule has 7 nitrogen and oxygen atoms in total. The molecule has 1 aliphatic heterocycles. The SMILES string of the molecule is CN(C)CCN(C)c1cc(F)cc(C(=O)Nc2ccc(OCCN3CCOCC3)c3ccccc23)c1. The fourth-order valence-corrected chi connectivity index (χ4v) is 4.21. The van der Waals surface area contributed by atoms with Crippen molar-refractivity contribution in [3.8, 4) is 5.75 Å². The summed E-state index contributed by atoms with van der Waals surface area (Å²) in [6.07, 6.45) is 0. The fourth-order valence-electron chi connectivity index (χ4n) is 4.21. The zero-order chi connectivity index (χ0) is 25.5. The Hall–Kier alpha value is -3.20. The molecular formula is C28H35FN4O3. The molecule has 0 radical (unpaired) electrons. The van der Waals surface area contributed by atoms with Crippen LogP contribution in [0, 0.1) is 5.82 Å². The summed E-state index contributed by atoms with van der Waals surface area (Å²) in [5, 5.41) is 4.76. The van der Waals surface area contributed by atoms with Crippen LogP contribution in [0.3, 0.4) is 0 Å². The van der Waals surface area contributed by atoms with Crippen LogP contribution < -0.4 is 15.0 Å². The normalized spacial score (nSPS) is 14.2. The van der Waals surface area contributed by atoms with E-state index in [-0.39, 0.29) is 11.5 Å². The van der Waals surface area contributed by atoms with Gasteiger partial charge in [0.25, 0.3) is 5.91 Å². The van der Waals surface area contributed by atoms with Gasteiger partial charge in [-0.2, -0.15) is 0 Å². The minimum absolute atomic E-state index is 0.275. The molecular weight excluding hydrogens is 459 g/mol. The molecule has 0 unspecified atom stereocenters. The van der Waals surface area contributed by atoms with E-state index in [1.807, 2.05) is 62.4 Å². The van der Waals surface area contributed by atoms with Crippen molar-refractivity contribution in [1.29, 1.82) is 0 Å². The lowest BCUT2D eigenvalue weighted by Gasteiger charge is -2.26. The number of rotatable bonds is 10. The third-order valence-electron chi connectivity index (χ3n) is 6.37. The topological polar surface area (TPSA) is 57.3 Å². The molecule has 3 aromatic rings. The van der Waals surface area contributed by atoms with Crippen molar-refractivity contribution in [2.75, 3.05) is 83.9 Å². The van der Waals surface area contributed by atoms with E-state index >= 15 is 0 Å². The number of hydrogen-bond acceptors (Lipinski definition) is 6. The number of ether oxygens (including phenoxy) is 2. The number of nitrogens with one attached hydrogen (secondary N) is 1. The van der Waals surface area contributed by atoms with E-state index in [1.165, 1.54) is 12.1 Å². The Morgan fingerprint density at radius 1 is 1.03 bits per heavy atom. The molecule has 0 atom stereocenters. The third-order valence-corrected chi connectivity index (χ3v) is 6.37. The minimum atomic E-state index is -0.441. The molecule has 3 aromatic carbocycles. The van der Waals surface area contributed by atoms with Crippen LogP contribution in [0.25, 0.3) is 10.8 Å². The molecule has 1 saturated heterocycles. The molecule has 36 heavy (non-hydrogen) atoms. The maximum Gasteiger partial charge on any atom is 0.255 e. The van der Waals surface area contributed by atoms with Gasteiger partial charge in [-0.05, 0) is 44.4 Å². The molecule has 0 bridgehead atoms. The summed E-state index contributed by atoms with van der Waals surface area (Å²) in [7, 11) is 5.87. The van der Waals surface area contributed by atoms with Crippen LogP contribution in [0.2, 0.25) is 0 Å². The number of anilines is 2. The average Bonchev–Trinajstić information content (AvgIpc) is 2.88. The monoisotopic (exact) mass is 494 g/mol. The number of nitrogens with zero attached hydrogens (tertiary/aromatic N) is 3. The molecule has 1 heterocycles. The smallest absolute Gasteiger partial charge is 0.255 e. The van der Waals surface area contributed by atoms with Gasteiger partial charge in [-0.1, -0.05) is 24.3 Å². The van der Waals surface area contributed by atoms with Crippen LogP contribution in [0.15, 0.2) is 54.6 Å². The van der Waals surface area contributed by atoms with E-state index in [0.717, 1.165) is 62.5 Å². The zero-order valence-corrected chi connectivity index (χ0v) is 21.3. The van der Waals surface area contributed by atoms with Crippen LogP contribution in [-0.2, 0) is 4.74 Å². The second-order valence-corrected chi connectivity index (χ2v) is 9.34. The van der Waals surface area contributed by atoms with Crippen LogP contribution in [-0.4, -0.2) is 89.4 Å². The number of hydrogen-bond donors (Lipinski definition) is 1. The van der Waals surface area contributed by atoms with Crippen LogP contribution in [0.4, 0.5) is 15.8 Å². The predicted molar refractivity (Wildman–Crippen MR) is 143 cm³/mol. The van der Waals surface area contributed by atoms with Crippen molar-refractivity contribution < 1.29 is 18.7 Å². The van der Waals surface area contributed by atoms with Gasteiger partial charge in [-0.3, -0.25) is 9.69 Å². The van der Waals surface area contributed by atoms with Crippen molar-refractivity contribution in [3.05, 3.63) is 66.0 Å². The first-order chi connectivity index (χ1) is 17.4. The third kappa shape index (κ3) is 6.72. The Morgan fingerprint density at radius 3 is 2.53 bits per heavy atom. The summed E-state index contributed by atoms with van der Waals surface area (Å²) < 4.78 is 25.9. The summed E-state index contributed by atoms with van der Waals surface area (Å²) in [4.78, 5) is 19.5. The van der Waals surface area contributed by atoms with Crippen LogP contribution in [0.1, 0.15) is 10.4 Å². The summed E-state index contributed by atoms with van der Waals surface area (Å²) in [5.41, 5.74) is 1.59. The number of benzene rings is 3. The molecule has 1 fully saturated rings. The number of amides is 1. The van der Waals surface area contributed by atoms with Crippen LogP contribution >= 0.6 is 0 Å². The molecule has 0 aromatic heterocycles. The summed E-state index contributed by atoms with van der Waals surface area (Å²) in [6, 6.07) is 16.0. The van der Waals surface area contributed by atoms with Gasteiger partial charge in [-0.15, -0.1) is 0 Å². The highest BCUT2D eigenvalue weighted by molar-refractivity contribution is 6.10. The largest absolute Gasteiger partial charge is 0.492 e. The highest BCUT2D eigenvalue weighted by Gasteiger charge is 2.15. The number of carbonyl (C=O) groups excluding carboxylic acids is 1. The standard InChI is InChI=1S/C28H35FN4O3/c1-31(2)10-11-32(3)23-19-21(18-22(29)20-23)28(34)30-26-8-9-27(25-7-5-4-6-24(25)26)36-17-14-33-12-15-35-16-13-33/h4-9,18-20H,10-17H2,1-3H3,(H,30,34). The number of likely N-dealkylation sites (N-methyl/N-ethyl adjacent to an activating group) is 2. The first-order valence-electron chi connectivity index (χ1n) is 12.3. The van der Waals surface area contributed by atoms with Gasteiger partial charge in [0.1, 0.15) is 18.2 Å². The second-order valence-electron chi connectivity index (χ2n) is 9.34. The lowest BCUT2D eigenvalue weighted by Crippen LogP contribution is -2.38. The minimum Gasteiger partial charge on any atom is -0.492 e. The Kier molecular flexibility index (Phi) is 8.74. The molecule has 0 saturated carbocycles. The highest BCUT2D eigenvalue weighted by Crippen LogP contribution is 2.32. The number of carbonyl (C=O) groups is 1. The molecule has 1 N–H and O–H groups in total. The van der Waals surface area contributed by atoms with Gasteiger partial charge in [-0.25, -0.2) is 4.39 Å². The Bertz CT molecular complexity index is 1180. The fraction of sp³-hybridized carbons (Fsp3) is 0.393.